The van der Waals surface area contributed by atoms with Gasteiger partial charge in [-0.3, -0.25) is 4.79 Å². The maximum Gasteiger partial charge on any atom is 0.408 e. The molecule has 0 aliphatic rings. The molecule has 0 aromatic heterocycles. The number of rotatable bonds is 5. The number of hydrogen-bond donors (Lipinski definition) is 3. The lowest BCUT2D eigenvalue weighted by Crippen LogP contribution is -2.36. The minimum atomic E-state index is -0.615. The first-order valence-electron chi connectivity index (χ1n) is 8.35. The monoisotopic (exact) mass is 356 g/mol. The van der Waals surface area contributed by atoms with Crippen molar-refractivity contribution < 1.29 is 19.4 Å². The number of nitrogens with one attached hydrogen (secondary N) is 2. The third-order valence-corrected chi connectivity index (χ3v) is 3.48. The first kappa shape index (κ1) is 19.5. The van der Waals surface area contributed by atoms with E-state index in [9.17, 15) is 14.7 Å². The third-order valence-electron chi connectivity index (χ3n) is 3.48. The molecule has 0 saturated heterocycles. The van der Waals surface area contributed by atoms with Crippen LogP contribution in [0.5, 0.6) is 0 Å². The van der Waals surface area contributed by atoms with Gasteiger partial charge in [-0.15, -0.1) is 0 Å². The number of alkyl carbamates (subject to hydrolysis) is 1. The smallest absolute Gasteiger partial charge is 0.408 e. The number of ether oxygens (including phenoxy) is 1. The molecule has 2 aromatic rings. The van der Waals surface area contributed by atoms with Crippen LogP contribution in [-0.2, 0) is 4.74 Å². The summed E-state index contributed by atoms with van der Waals surface area (Å²) in [6.07, 6.45) is -0.599. The van der Waals surface area contributed by atoms with E-state index >= 15 is 0 Å². The van der Waals surface area contributed by atoms with E-state index in [4.69, 9.17) is 4.74 Å². The zero-order valence-corrected chi connectivity index (χ0v) is 15.2. The summed E-state index contributed by atoms with van der Waals surface area (Å²) in [4.78, 5) is 24.0. The molecule has 0 aliphatic heterocycles. The van der Waals surface area contributed by atoms with Crippen LogP contribution in [0.15, 0.2) is 54.6 Å². The second-order valence-electron chi connectivity index (χ2n) is 6.82. The summed E-state index contributed by atoms with van der Waals surface area (Å²) in [6, 6.07) is 15.2. The minimum absolute atomic E-state index is 0.205. The molecular formula is C20H24N2O4. The molecule has 2 rings (SSSR count). The van der Waals surface area contributed by atoms with Crippen molar-refractivity contribution in [2.45, 2.75) is 32.4 Å². The molecule has 0 bridgehead atoms. The number of anilines is 1. The van der Waals surface area contributed by atoms with Crippen molar-refractivity contribution in [1.29, 1.82) is 0 Å². The molecule has 1 atom stereocenters. The Kier molecular flexibility index (Phi) is 6.36. The molecule has 0 saturated carbocycles. The molecule has 2 amide bonds. The largest absolute Gasteiger partial charge is 0.444 e. The predicted molar refractivity (Wildman–Crippen MR) is 100 cm³/mol. The van der Waals surface area contributed by atoms with Gasteiger partial charge in [0.15, 0.2) is 0 Å². The van der Waals surface area contributed by atoms with Gasteiger partial charge >= 0.3 is 6.09 Å². The molecule has 0 radical (unpaired) electrons. The van der Waals surface area contributed by atoms with Gasteiger partial charge in [-0.1, -0.05) is 30.3 Å². The number of carbonyl (C=O) groups is 2. The van der Waals surface area contributed by atoms with E-state index in [1.165, 1.54) is 0 Å². The molecule has 6 heteroatoms. The molecule has 0 aliphatic carbocycles. The Hall–Kier alpha value is -2.86. The van der Waals surface area contributed by atoms with Crippen LogP contribution >= 0.6 is 0 Å². The van der Waals surface area contributed by atoms with Gasteiger partial charge in [0, 0.05) is 11.3 Å². The number of amides is 2. The summed E-state index contributed by atoms with van der Waals surface area (Å²) in [7, 11) is 0. The average molecular weight is 356 g/mol. The third kappa shape index (κ3) is 5.89. The lowest BCUT2D eigenvalue weighted by molar-refractivity contribution is 0.0481. The lowest BCUT2D eigenvalue weighted by atomic mass is 10.1. The Morgan fingerprint density at radius 1 is 1.04 bits per heavy atom. The number of aliphatic hydroxyl groups is 1. The Bertz CT molecular complexity index is 737. The van der Waals surface area contributed by atoms with Gasteiger partial charge in [0.05, 0.1) is 12.6 Å². The maximum absolute atomic E-state index is 12.1. The fourth-order valence-electron chi connectivity index (χ4n) is 2.28. The number of benzene rings is 2. The summed E-state index contributed by atoms with van der Waals surface area (Å²) >= 11 is 0. The van der Waals surface area contributed by atoms with Gasteiger partial charge in [-0.05, 0) is 50.6 Å². The molecule has 0 unspecified atom stereocenters. The Labute approximate surface area is 153 Å². The topological polar surface area (TPSA) is 87.7 Å². The van der Waals surface area contributed by atoms with E-state index in [1.807, 2.05) is 6.07 Å². The molecule has 0 fully saturated rings. The number of aliphatic hydroxyl groups excluding tert-OH is 1. The van der Waals surface area contributed by atoms with E-state index in [0.29, 0.717) is 16.8 Å². The van der Waals surface area contributed by atoms with Gasteiger partial charge in [-0.25, -0.2) is 4.79 Å². The highest BCUT2D eigenvalue weighted by Crippen LogP contribution is 2.18. The van der Waals surface area contributed by atoms with Crippen molar-refractivity contribution in [1.82, 2.24) is 5.32 Å². The SMILES string of the molecule is CC(C)(C)OC(=O)N[C@H](CO)c1ccc(NC(=O)c2ccccc2)cc1. The fourth-order valence-corrected chi connectivity index (χ4v) is 2.28. The van der Waals surface area contributed by atoms with Crippen molar-refractivity contribution in [3.05, 3.63) is 65.7 Å². The summed E-state index contributed by atoms with van der Waals surface area (Å²) in [5, 5.41) is 15.0. The van der Waals surface area contributed by atoms with Crippen LogP contribution in [-0.4, -0.2) is 29.3 Å². The fraction of sp³-hybridized carbons (Fsp3) is 0.300. The zero-order chi connectivity index (χ0) is 19.2. The number of hydrogen-bond acceptors (Lipinski definition) is 4. The van der Waals surface area contributed by atoms with Gasteiger partial charge in [0.1, 0.15) is 5.60 Å². The van der Waals surface area contributed by atoms with Crippen molar-refractivity contribution in [3.8, 4) is 0 Å². The second kappa shape index (κ2) is 8.49. The van der Waals surface area contributed by atoms with Crippen LogP contribution in [0, 0.1) is 0 Å². The van der Waals surface area contributed by atoms with Crippen molar-refractivity contribution in [2.24, 2.45) is 0 Å². The van der Waals surface area contributed by atoms with Gasteiger partial charge < -0.3 is 20.5 Å². The van der Waals surface area contributed by atoms with Gasteiger partial charge in [0.25, 0.3) is 5.91 Å². The first-order valence-corrected chi connectivity index (χ1v) is 8.35. The summed E-state index contributed by atoms with van der Waals surface area (Å²) < 4.78 is 5.20. The quantitative estimate of drug-likeness (QED) is 0.765. The van der Waals surface area contributed by atoms with E-state index in [2.05, 4.69) is 10.6 Å². The normalized spacial score (nSPS) is 12.2. The molecule has 3 N–H and O–H groups in total. The van der Waals surface area contributed by atoms with E-state index < -0.39 is 17.7 Å². The predicted octanol–water partition coefficient (Wildman–Crippen LogP) is 3.50. The molecule has 138 valence electrons. The second-order valence-corrected chi connectivity index (χ2v) is 6.82. The van der Waals surface area contributed by atoms with Gasteiger partial charge in [-0.2, -0.15) is 0 Å². The van der Waals surface area contributed by atoms with Crippen molar-refractivity contribution in [2.75, 3.05) is 11.9 Å². The highest BCUT2D eigenvalue weighted by atomic mass is 16.6. The first-order chi connectivity index (χ1) is 12.3. The van der Waals surface area contributed by atoms with E-state index in [0.717, 1.165) is 0 Å². The highest BCUT2D eigenvalue weighted by molar-refractivity contribution is 6.04. The average Bonchev–Trinajstić information content (AvgIpc) is 2.59. The molecule has 0 spiro atoms. The molecular weight excluding hydrogens is 332 g/mol. The standard InChI is InChI=1S/C20H24N2O4/c1-20(2,3)26-19(25)22-17(13-23)14-9-11-16(12-10-14)21-18(24)15-7-5-4-6-8-15/h4-12,17,23H,13H2,1-3H3,(H,21,24)(H,22,25)/t17-/m1/s1. The maximum atomic E-state index is 12.1. The van der Waals surface area contributed by atoms with Crippen LogP contribution in [0.1, 0.15) is 42.7 Å². The Balaban J connectivity index is 2.00. The van der Waals surface area contributed by atoms with Crippen LogP contribution in [0.2, 0.25) is 0 Å². The lowest BCUT2D eigenvalue weighted by Gasteiger charge is -2.23. The summed E-state index contributed by atoms with van der Waals surface area (Å²) in [5.41, 5.74) is 1.28. The Morgan fingerprint density at radius 2 is 1.65 bits per heavy atom. The Morgan fingerprint density at radius 3 is 2.19 bits per heavy atom. The summed E-state index contributed by atoms with van der Waals surface area (Å²) in [6.45, 7) is 5.04. The van der Waals surface area contributed by atoms with E-state index in [-0.39, 0.29) is 12.5 Å². The molecule has 26 heavy (non-hydrogen) atoms. The molecule has 0 heterocycles. The van der Waals surface area contributed by atoms with Crippen LogP contribution in [0.4, 0.5) is 10.5 Å². The zero-order valence-electron chi connectivity index (χ0n) is 15.2. The number of carbonyl (C=O) groups excluding carboxylic acids is 2. The van der Waals surface area contributed by atoms with Crippen LogP contribution < -0.4 is 10.6 Å². The van der Waals surface area contributed by atoms with Crippen molar-refractivity contribution in [3.63, 3.8) is 0 Å². The molecule has 2 aromatic carbocycles. The van der Waals surface area contributed by atoms with Crippen molar-refractivity contribution >= 4 is 17.7 Å². The van der Waals surface area contributed by atoms with E-state index in [1.54, 1.807) is 69.3 Å². The van der Waals surface area contributed by atoms with Crippen LogP contribution in [0.25, 0.3) is 0 Å². The highest BCUT2D eigenvalue weighted by Gasteiger charge is 2.20. The van der Waals surface area contributed by atoms with Crippen LogP contribution in [0.3, 0.4) is 0 Å². The van der Waals surface area contributed by atoms with Gasteiger partial charge in [0.2, 0.25) is 0 Å². The molecule has 6 nitrogen and oxygen atoms in total. The minimum Gasteiger partial charge on any atom is -0.444 e. The summed E-state index contributed by atoms with van der Waals surface area (Å²) in [5.74, 6) is -0.205.